The molecule has 0 aliphatic rings. The number of hydrogen-bond donors (Lipinski definition) is 3. The molecule has 0 unspecified atom stereocenters. The van der Waals surface area contributed by atoms with E-state index in [1.807, 2.05) is 0 Å². The lowest BCUT2D eigenvalue weighted by molar-refractivity contribution is -0.160. The maximum absolute atomic E-state index is 11.4. The molecule has 0 aliphatic heterocycles. The molecular weight excluding hydrogens is 150 g/mol. The summed E-state index contributed by atoms with van der Waals surface area (Å²) in [5.41, 5.74) is 0. The molecule has 0 radical (unpaired) electrons. The zero-order valence-corrected chi connectivity index (χ0v) is 4.74. The van der Waals surface area contributed by atoms with Crippen LogP contribution in [0.4, 0.5) is 8.78 Å². The Kier molecular flexibility index (Phi) is 3.17. The number of alkyl halides is 2. The van der Waals surface area contributed by atoms with Gasteiger partial charge in [0.25, 0.3) is 6.43 Å². The van der Waals surface area contributed by atoms with Gasteiger partial charge in [0.15, 0.2) is 12.2 Å². The lowest BCUT2D eigenvalue weighted by Gasteiger charge is -2.11. The normalized spacial score (nSPS) is 16.9. The van der Waals surface area contributed by atoms with E-state index >= 15 is 0 Å². The van der Waals surface area contributed by atoms with Crippen LogP contribution >= 0.6 is 0 Å². The third-order valence-corrected chi connectivity index (χ3v) is 0.835. The summed E-state index contributed by atoms with van der Waals surface area (Å²) >= 11 is 0. The van der Waals surface area contributed by atoms with Gasteiger partial charge in [-0.1, -0.05) is 0 Å². The Hall–Kier alpha value is -0.750. The van der Waals surface area contributed by atoms with Gasteiger partial charge < -0.3 is 15.3 Å². The Balaban J connectivity index is 3.94. The van der Waals surface area contributed by atoms with E-state index in [9.17, 15) is 13.6 Å². The van der Waals surface area contributed by atoms with Crippen molar-refractivity contribution in [2.45, 2.75) is 18.6 Å². The van der Waals surface area contributed by atoms with Crippen molar-refractivity contribution >= 4 is 5.97 Å². The fraction of sp³-hybridized carbons (Fsp3) is 0.750. The summed E-state index contributed by atoms with van der Waals surface area (Å²) < 4.78 is 22.7. The minimum absolute atomic E-state index is 1.87. The molecule has 0 spiro atoms. The predicted molar refractivity (Wildman–Crippen MR) is 25.7 cm³/mol. The van der Waals surface area contributed by atoms with Gasteiger partial charge in [-0.3, -0.25) is 0 Å². The lowest BCUT2D eigenvalue weighted by Crippen LogP contribution is -2.38. The second-order valence-electron chi connectivity index (χ2n) is 1.61. The highest BCUT2D eigenvalue weighted by molar-refractivity contribution is 5.72. The maximum Gasteiger partial charge on any atom is 0.335 e. The minimum Gasteiger partial charge on any atom is -0.479 e. The largest absolute Gasteiger partial charge is 0.479 e. The van der Waals surface area contributed by atoms with Gasteiger partial charge >= 0.3 is 5.97 Å². The molecule has 10 heavy (non-hydrogen) atoms. The van der Waals surface area contributed by atoms with E-state index in [0.717, 1.165) is 0 Å². The van der Waals surface area contributed by atoms with Crippen molar-refractivity contribution in [2.75, 3.05) is 0 Å². The molecule has 2 atom stereocenters. The standard InChI is InChI=1S/C4H6F2O4/c5-3(6)1(7)2(8)4(9)10/h1-3,7-8H,(H,9,10)/t1-,2-/m1/s1. The van der Waals surface area contributed by atoms with Crippen LogP contribution in [-0.2, 0) is 4.79 Å². The lowest BCUT2D eigenvalue weighted by atomic mass is 10.2. The molecule has 0 rings (SSSR count). The molecule has 0 heterocycles. The summed E-state index contributed by atoms with van der Waals surface area (Å²) in [5, 5.41) is 24.3. The monoisotopic (exact) mass is 156 g/mol. The van der Waals surface area contributed by atoms with Crippen molar-refractivity contribution in [2.24, 2.45) is 0 Å². The number of carboxylic acids is 1. The van der Waals surface area contributed by atoms with Crippen LogP contribution in [0.3, 0.4) is 0 Å². The average Bonchev–Trinajstić information content (AvgIpc) is 1.84. The highest BCUT2D eigenvalue weighted by Gasteiger charge is 2.30. The van der Waals surface area contributed by atoms with Gasteiger partial charge in [0, 0.05) is 0 Å². The van der Waals surface area contributed by atoms with Crippen molar-refractivity contribution < 1.29 is 28.9 Å². The first-order valence-electron chi connectivity index (χ1n) is 2.34. The second-order valence-corrected chi connectivity index (χ2v) is 1.61. The molecule has 0 fully saturated rings. The number of aliphatic carboxylic acids is 1. The second kappa shape index (κ2) is 3.43. The fourth-order valence-corrected chi connectivity index (χ4v) is 0.284. The van der Waals surface area contributed by atoms with Gasteiger partial charge in [0.2, 0.25) is 0 Å². The van der Waals surface area contributed by atoms with Gasteiger partial charge in [0.1, 0.15) is 0 Å². The van der Waals surface area contributed by atoms with Crippen molar-refractivity contribution in [3.63, 3.8) is 0 Å². The van der Waals surface area contributed by atoms with Crippen molar-refractivity contribution in [3.8, 4) is 0 Å². The summed E-state index contributed by atoms with van der Waals surface area (Å²) in [5.74, 6) is -1.87. The van der Waals surface area contributed by atoms with Crippen LogP contribution in [0.25, 0.3) is 0 Å². The summed E-state index contributed by atoms with van der Waals surface area (Å²) in [7, 11) is 0. The molecule has 0 saturated carbocycles. The molecule has 0 aromatic heterocycles. The molecule has 0 saturated heterocycles. The Morgan fingerprint density at radius 1 is 1.30 bits per heavy atom. The van der Waals surface area contributed by atoms with Gasteiger partial charge in [-0.05, 0) is 0 Å². The number of aliphatic hydroxyl groups is 2. The molecule has 0 aromatic rings. The number of halogens is 2. The third-order valence-electron chi connectivity index (χ3n) is 0.835. The highest BCUT2D eigenvalue weighted by atomic mass is 19.3. The molecular formula is C4H6F2O4. The molecule has 0 amide bonds. The van der Waals surface area contributed by atoms with Crippen LogP contribution in [0.1, 0.15) is 0 Å². The van der Waals surface area contributed by atoms with Crippen LogP contribution in [0.15, 0.2) is 0 Å². The van der Waals surface area contributed by atoms with Crippen molar-refractivity contribution in [3.05, 3.63) is 0 Å². The Labute approximate surface area is 54.7 Å². The van der Waals surface area contributed by atoms with Gasteiger partial charge in [-0.25, -0.2) is 13.6 Å². The Bertz CT molecular complexity index is 126. The van der Waals surface area contributed by atoms with Crippen LogP contribution in [-0.4, -0.2) is 39.9 Å². The number of hydrogen-bond acceptors (Lipinski definition) is 3. The SMILES string of the molecule is O=C(O)[C@H](O)[C@@H](O)C(F)F. The molecule has 4 nitrogen and oxygen atoms in total. The Morgan fingerprint density at radius 2 is 1.70 bits per heavy atom. The van der Waals surface area contributed by atoms with E-state index in [4.69, 9.17) is 15.3 Å². The van der Waals surface area contributed by atoms with E-state index in [2.05, 4.69) is 0 Å². The van der Waals surface area contributed by atoms with Crippen LogP contribution < -0.4 is 0 Å². The molecule has 3 N–H and O–H groups in total. The molecule has 6 heteroatoms. The minimum atomic E-state index is -3.24. The van der Waals surface area contributed by atoms with Crippen LogP contribution in [0, 0.1) is 0 Å². The van der Waals surface area contributed by atoms with E-state index in [-0.39, 0.29) is 0 Å². The molecule has 60 valence electrons. The number of aliphatic hydroxyl groups excluding tert-OH is 2. The van der Waals surface area contributed by atoms with Crippen LogP contribution in [0.2, 0.25) is 0 Å². The maximum atomic E-state index is 11.4. The third kappa shape index (κ3) is 2.24. The van der Waals surface area contributed by atoms with E-state index in [1.54, 1.807) is 0 Å². The molecule has 0 aliphatic carbocycles. The van der Waals surface area contributed by atoms with Crippen molar-refractivity contribution in [1.82, 2.24) is 0 Å². The number of carbonyl (C=O) groups is 1. The van der Waals surface area contributed by atoms with Crippen LogP contribution in [0.5, 0.6) is 0 Å². The molecule has 0 bridgehead atoms. The van der Waals surface area contributed by atoms with E-state index in [0.29, 0.717) is 0 Å². The first-order valence-corrected chi connectivity index (χ1v) is 2.34. The smallest absolute Gasteiger partial charge is 0.335 e. The highest BCUT2D eigenvalue weighted by Crippen LogP contribution is 2.04. The summed E-state index contributed by atoms with van der Waals surface area (Å²) in [4.78, 5) is 9.70. The van der Waals surface area contributed by atoms with Crippen molar-refractivity contribution in [1.29, 1.82) is 0 Å². The topological polar surface area (TPSA) is 77.8 Å². The zero-order valence-electron chi connectivity index (χ0n) is 4.74. The number of carboxylic acid groups (broad SMARTS) is 1. The quantitative estimate of drug-likeness (QED) is 0.492. The van der Waals surface area contributed by atoms with Gasteiger partial charge in [-0.2, -0.15) is 0 Å². The first-order chi connectivity index (χ1) is 4.46. The number of rotatable bonds is 3. The van der Waals surface area contributed by atoms with E-state index < -0.39 is 24.6 Å². The van der Waals surface area contributed by atoms with Gasteiger partial charge in [-0.15, -0.1) is 0 Å². The van der Waals surface area contributed by atoms with Gasteiger partial charge in [0.05, 0.1) is 0 Å². The fourth-order valence-electron chi connectivity index (χ4n) is 0.284. The Morgan fingerprint density at radius 3 is 1.80 bits per heavy atom. The average molecular weight is 156 g/mol. The predicted octanol–water partition coefficient (Wildman–Crippen LogP) is -0.942. The zero-order chi connectivity index (χ0) is 8.31. The summed E-state index contributed by atoms with van der Waals surface area (Å²) in [6, 6.07) is 0. The van der Waals surface area contributed by atoms with E-state index in [1.165, 1.54) is 0 Å². The first kappa shape index (κ1) is 9.25. The summed E-state index contributed by atoms with van der Waals surface area (Å²) in [6.45, 7) is 0. The summed E-state index contributed by atoms with van der Waals surface area (Å²) in [6.07, 6.45) is -8.18. The molecule has 0 aromatic carbocycles.